The second-order valence-corrected chi connectivity index (χ2v) is 5.32. The molecular weight excluding hydrogens is 275 g/mol. The molecule has 88 valence electrons. The lowest BCUT2D eigenvalue weighted by Crippen LogP contribution is -2.44. The molecule has 0 spiro atoms. The quantitative estimate of drug-likeness (QED) is 0.679. The van der Waals surface area contributed by atoms with Crippen LogP contribution in [0.3, 0.4) is 0 Å². The van der Waals surface area contributed by atoms with Gasteiger partial charge in [-0.05, 0) is 12.3 Å². The van der Waals surface area contributed by atoms with Crippen molar-refractivity contribution in [1.82, 2.24) is 4.90 Å². The molecule has 0 bridgehead atoms. The van der Waals surface area contributed by atoms with Crippen LogP contribution in [0.15, 0.2) is 0 Å². The second kappa shape index (κ2) is 4.72. The number of likely N-dealkylation sites (tertiary alicyclic amines) is 1. The maximum absolute atomic E-state index is 12.0. The number of carbonyl (C=O) groups excluding carboxylic acids is 1. The zero-order chi connectivity index (χ0) is 11.6. The van der Waals surface area contributed by atoms with Gasteiger partial charge in [-0.1, -0.05) is 22.9 Å². The van der Waals surface area contributed by atoms with Gasteiger partial charge in [0.25, 0.3) is 0 Å². The van der Waals surface area contributed by atoms with Gasteiger partial charge in [0.1, 0.15) is 6.42 Å². The monoisotopic (exact) mass is 287 g/mol. The lowest BCUT2D eigenvalue weighted by molar-refractivity contribution is -0.162. The van der Waals surface area contributed by atoms with Crippen molar-refractivity contribution < 1.29 is 18.0 Å². The summed E-state index contributed by atoms with van der Waals surface area (Å²) >= 11 is 3.34. The molecule has 2 atom stereocenters. The second-order valence-electron chi connectivity index (χ2n) is 4.03. The highest BCUT2D eigenvalue weighted by Gasteiger charge is 2.35. The summed E-state index contributed by atoms with van der Waals surface area (Å²) in [5.74, 6) is -0.571. The highest BCUT2D eigenvalue weighted by molar-refractivity contribution is 9.09. The van der Waals surface area contributed by atoms with Gasteiger partial charge in [-0.25, -0.2) is 0 Å². The summed E-state index contributed by atoms with van der Waals surface area (Å²) in [6, 6.07) is 0. The first kappa shape index (κ1) is 12.8. The molecule has 1 amide bonds. The van der Waals surface area contributed by atoms with Crippen molar-refractivity contribution in [3.05, 3.63) is 0 Å². The van der Waals surface area contributed by atoms with Crippen molar-refractivity contribution >= 4 is 21.8 Å². The van der Waals surface area contributed by atoms with Gasteiger partial charge >= 0.3 is 6.18 Å². The minimum absolute atomic E-state index is 0.110. The van der Waals surface area contributed by atoms with Gasteiger partial charge in [0.05, 0.1) is 0 Å². The Kier molecular flexibility index (Phi) is 4.03. The molecule has 0 aliphatic carbocycles. The number of hydrogen-bond acceptors (Lipinski definition) is 1. The summed E-state index contributed by atoms with van der Waals surface area (Å²) in [7, 11) is 0. The van der Waals surface area contributed by atoms with Crippen molar-refractivity contribution in [2.75, 3.05) is 13.1 Å². The Morgan fingerprint density at radius 1 is 1.47 bits per heavy atom. The Labute approximate surface area is 94.9 Å². The predicted molar refractivity (Wildman–Crippen MR) is 53.7 cm³/mol. The molecule has 1 heterocycles. The normalized spacial score (nSPS) is 27.9. The summed E-state index contributed by atoms with van der Waals surface area (Å²) in [6.07, 6.45) is -4.85. The van der Waals surface area contributed by atoms with E-state index >= 15 is 0 Å². The number of piperidine rings is 1. The van der Waals surface area contributed by atoms with Crippen LogP contribution in [0.1, 0.15) is 19.8 Å². The van der Waals surface area contributed by atoms with Crippen LogP contribution in [0.2, 0.25) is 0 Å². The number of carbonyl (C=O) groups is 1. The van der Waals surface area contributed by atoms with E-state index in [1.807, 2.05) is 6.92 Å². The molecule has 1 saturated heterocycles. The van der Waals surface area contributed by atoms with E-state index in [1.54, 1.807) is 0 Å². The van der Waals surface area contributed by atoms with Gasteiger partial charge in [-0.3, -0.25) is 4.79 Å². The molecule has 0 saturated carbocycles. The van der Waals surface area contributed by atoms with E-state index in [1.165, 1.54) is 4.90 Å². The van der Waals surface area contributed by atoms with E-state index in [9.17, 15) is 18.0 Å². The zero-order valence-corrected chi connectivity index (χ0v) is 9.94. The average Bonchev–Trinajstić information content (AvgIpc) is 1.98. The molecule has 0 radical (unpaired) electrons. The molecule has 2 nitrogen and oxygen atoms in total. The third-order valence-corrected chi connectivity index (χ3v) is 2.98. The van der Waals surface area contributed by atoms with Gasteiger partial charge in [0, 0.05) is 17.9 Å². The van der Waals surface area contributed by atoms with E-state index in [0.29, 0.717) is 13.1 Å². The van der Waals surface area contributed by atoms with Crippen LogP contribution in [0, 0.1) is 5.92 Å². The smallest absolute Gasteiger partial charge is 0.341 e. The number of halogens is 4. The van der Waals surface area contributed by atoms with Crippen molar-refractivity contribution in [2.24, 2.45) is 5.92 Å². The highest BCUT2D eigenvalue weighted by Crippen LogP contribution is 2.25. The predicted octanol–water partition coefficient (Wildman–Crippen LogP) is 2.57. The summed E-state index contributed by atoms with van der Waals surface area (Å²) in [4.78, 5) is 12.7. The van der Waals surface area contributed by atoms with E-state index in [0.717, 1.165) is 6.42 Å². The van der Waals surface area contributed by atoms with Gasteiger partial charge in [0.2, 0.25) is 5.91 Å². The molecular formula is C9H13BrF3NO. The van der Waals surface area contributed by atoms with Crippen molar-refractivity contribution in [3.8, 4) is 0 Å². The Morgan fingerprint density at radius 3 is 2.53 bits per heavy atom. The van der Waals surface area contributed by atoms with Crippen LogP contribution in [0.4, 0.5) is 13.2 Å². The fraction of sp³-hybridized carbons (Fsp3) is 0.889. The first-order valence-corrected chi connectivity index (χ1v) is 5.68. The Balaban J connectivity index is 2.52. The SMILES string of the molecule is CC1CC(Br)CN(C(=O)CC(F)(F)F)C1. The third kappa shape index (κ3) is 4.40. The lowest BCUT2D eigenvalue weighted by Gasteiger charge is -2.34. The fourth-order valence-corrected chi connectivity index (χ4v) is 2.75. The molecule has 1 fully saturated rings. The first-order chi connectivity index (χ1) is 6.78. The molecule has 2 unspecified atom stereocenters. The van der Waals surface area contributed by atoms with Crippen molar-refractivity contribution in [3.63, 3.8) is 0 Å². The summed E-state index contributed by atoms with van der Waals surface area (Å²) in [6.45, 7) is 2.73. The maximum atomic E-state index is 12.0. The minimum Gasteiger partial charge on any atom is -0.341 e. The molecule has 0 aromatic heterocycles. The first-order valence-electron chi connectivity index (χ1n) is 4.76. The molecule has 0 aromatic rings. The minimum atomic E-state index is -4.40. The van der Waals surface area contributed by atoms with Crippen LogP contribution in [0.5, 0.6) is 0 Å². The van der Waals surface area contributed by atoms with Gasteiger partial charge < -0.3 is 4.90 Å². The van der Waals surface area contributed by atoms with Crippen molar-refractivity contribution in [1.29, 1.82) is 0 Å². The van der Waals surface area contributed by atoms with E-state index < -0.39 is 18.5 Å². The number of amides is 1. The maximum Gasteiger partial charge on any atom is 0.397 e. The number of nitrogens with zero attached hydrogens (tertiary/aromatic N) is 1. The molecule has 0 aromatic carbocycles. The van der Waals surface area contributed by atoms with Crippen LogP contribution in [-0.2, 0) is 4.79 Å². The standard InChI is InChI=1S/C9H13BrF3NO/c1-6-2-7(10)5-14(4-6)8(15)3-9(11,12)13/h6-7H,2-5H2,1H3. The number of alkyl halides is 4. The van der Waals surface area contributed by atoms with E-state index in [-0.39, 0.29) is 10.7 Å². The third-order valence-electron chi connectivity index (χ3n) is 2.31. The Hall–Kier alpha value is -0.260. The highest BCUT2D eigenvalue weighted by atomic mass is 79.9. The molecule has 6 heteroatoms. The summed E-state index contributed by atoms with van der Waals surface area (Å²) < 4.78 is 36.0. The fourth-order valence-electron chi connectivity index (χ4n) is 1.76. The van der Waals surface area contributed by atoms with Crippen molar-refractivity contribution in [2.45, 2.75) is 30.8 Å². The molecule has 15 heavy (non-hydrogen) atoms. The Morgan fingerprint density at radius 2 is 2.07 bits per heavy atom. The molecule has 1 aliphatic rings. The number of hydrogen-bond donors (Lipinski definition) is 0. The molecule has 0 N–H and O–H groups in total. The summed E-state index contributed by atoms with van der Waals surface area (Å²) in [5, 5.41) is 0. The van der Waals surface area contributed by atoms with E-state index in [4.69, 9.17) is 0 Å². The number of rotatable bonds is 1. The average molecular weight is 288 g/mol. The van der Waals surface area contributed by atoms with Gasteiger partial charge in [-0.15, -0.1) is 0 Å². The van der Waals surface area contributed by atoms with Crippen LogP contribution in [0.25, 0.3) is 0 Å². The largest absolute Gasteiger partial charge is 0.397 e. The Bertz CT molecular complexity index is 234. The lowest BCUT2D eigenvalue weighted by atomic mass is 10.00. The molecule has 1 rings (SSSR count). The zero-order valence-electron chi connectivity index (χ0n) is 8.35. The van der Waals surface area contributed by atoms with Gasteiger partial charge in [-0.2, -0.15) is 13.2 Å². The van der Waals surface area contributed by atoms with Crippen LogP contribution in [-0.4, -0.2) is 34.9 Å². The summed E-state index contributed by atoms with van der Waals surface area (Å²) in [5.41, 5.74) is 0. The van der Waals surface area contributed by atoms with Crippen LogP contribution >= 0.6 is 15.9 Å². The topological polar surface area (TPSA) is 20.3 Å². The van der Waals surface area contributed by atoms with Crippen LogP contribution < -0.4 is 0 Å². The van der Waals surface area contributed by atoms with Gasteiger partial charge in [0.15, 0.2) is 0 Å². The van der Waals surface area contributed by atoms with E-state index in [2.05, 4.69) is 15.9 Å². The molecule has 1 aliphatic heterocycles.